The van der Waals surface area contributed by atoms with E-state index in [2.05, 4.69) is 5.32 Å². The minimum atomic E-state index is -2.76. The number of nitrogens with zero attached hydrogens (tertiary/aromatic N) is 2. The Kier molecular flexibility index (Phi) is 6.80. The first-order chi connectivity index (χ1) is 15.9. The molecule has 2 atom stereocenters. The van der Waals surface area contributed by atoms with E-state index in [1.54, 1.807) is 24.3 Å². The number of likely N-dealkylation sites (N-methyl/N-ethyl adjacent to an activating group) is 2. The number of nitrogens with two attached hydrogens (primary N) is 1. The number of anilines is 2. The van der Waals surface area contributed by atoms with Gasteiger partial charge in [0.25, 0.3) is 11.8 Å². The summed E-state index contributed by atoms with van der Waals surface area (Å²) in [5.74, 6) is -6.01. The van der Waals surface area contributed by atoms with Gasteiger partial charge in [-0.05, 0) is 36.8 Å². The van der Waals surface area contributed by atoms with E-state index in [1.807, 2.05) is 0 Å². The number of carbonyl (C=O) groups excluding carboxylic acids is 4. The quantitative estimate of drug-likeness (QED) is 0.515. The summed E-state index contributed by atoms with van der Waals surface area (Å²) in [7, 11) is 2.69. The van der Waals surface area contributed by atoms with Crippen LogP contribution in [0.3, 0.4) is 0 Å². The zero-order chi connectivity index (χ0) is 25.4. The monoisotopic (exact) mass is 474 g/mol. The van der Waals surface area contributed by atoms with Gasteiger partial charge in [-0.25, -0.2) is 8.78 Å². The molecule has 0 saturated heterocycles. The Morgan fingerprint density at radius 2 is 1.50 bits per heavy atom. The number of aliphatic hydroxyl groups excluding tert-OH is 1. The largest absolute Gasteiger partial charge is 0.391 e. The van der Waals surface area contributed by atoms with Crippen LogP contribution in [0.1, 0.15) is 12.5 Å². The van der Waals surface area contributed by atoms with Crippen LogP contribution < -0.4 is 20.9 Å². The second kappa shape index (κ2) is 9.27. The van der Waals surface area contributed by atoms with Crippen LogP contribution in [0.15, 0.2) is 42.5 Å². The number of benzene rings is 2. The molecule has 0 fully saturated rings. The van der Waals surface area contributed by atoms with E-state index in [-0.39, 0.29) is 5.56 Å². The lowest BCUT2D eigenvalue weighted by atomic mass is 9.85. The second-order valence-corrected chi connectivity index (χ2v) is 8.13. The molecule has 180 valence electrons. The molecule has 0 saturated carbocycles. The summed E-state index contributed by atoms with van der Waals surface area (Å²) >= 11 is 0. The minimum absolute atomic E-state index is 0.0224. The van der Waals surface area contributed by atoms with Crippen molar-refractivity contribution in [2.45, 2.75) is 31.0 Å². The molecule has 1 aliphatic rings. The van der Waals surface area contributed by atoms with Gasteiger partial charge in [-0.2, -0.15) is 0 Å². The van der Waals surface area contributed by atoms with Crippen molar-refractivity contribution in [1.29, 1.82) is 0 Å². The molecule has 3 rings (SSSR count). The van der Waals surface area contributed by atoms with Crippen molar-refractivity contribution in [1.82, 2.24) is 5.32 Å². The number of amides is 3. The smallest absolute Gasteiger partial charge is 0.264 e. The summed E-state index contributed by atoms with van der Waals surface area (Å²) in [6.45, 7) is 1.17. The Balaban J connectivity index is 1.93. The van der Waals surface area contributed by atoms with Crippen LogP contribution in [0.2, 0.25) is 0 Å². The minimum Gasteiger partial charge on any atom is -0.391 e. The van der Waals surface area contributed by atoms with E-state index in [0.29, 0.717) is 17.4 Å². The molecule has 0 radical (unpaired) electrons. The van der Waals surface area contributed by atoms with Gasteiger partial charge in [0, 0.05) is 20.2 Å². The summed E-state index contributed by atoms with van der Waals surface area (Å²) in [6, 6.07) is 7.17. The molecule has 1 aliphatic heterocycles. The number of rotatable bonds is 6. The number of ketones is 1. The lowest BCUT2D eigenvalue weighted by Gasteiger charge is -2.32. The normalized spacial score (nSPS) is 17.0. The highest BCUT2D eigenvalue weighted by Gasteiger charge is 2.57. The van der Waals surface area contributed by atoms with E-state index in [4.69, 9.17) is 5.73 Å². The fraction of sp³-hybridized carbons (Fsp3) is 0.304. The van der Waals surface area contributed by atoms with Crippen molar-refractivity contribution < 1.29 is 33.1 Å². The number of halogens is 2. The van der Waals surface area contributed by atoms with Gasteiger partial charge in [0.1, 0.15) is 17.7 Å². The maximum absolute atomic E-state index is 13.5. The fourth-order valence-electron chi connectivity index (χ4n) is 3.85. The number of fused-ring (bicyclic) bond motifs is 1. The molecular weight excluding hydrogens is 450 g/mol. The van der Waals surface area contributed by atoms with Gasteiger partial charge in [0.15, 0.2) is 5.78 Å². The van der Waals surface area contributed by atoms with Crippen LogP contribution in [0.25, 0.3) is 0 Å². The van der Waals surface area contributed by atoms with Crippen molar-refractivity contribution in [3.63, 3.8) is 0 Å². The van der Waals surface area contributed by atoms with Crippen molar-refractivity contribution in [3.05, 3.63) is 59.7 Å². The van der Waals surface area contributed by atoms with Crippen molar-refractivity contribution in [2.24, 2.45) is 5.73 Å². The van der Waals surface area contributed by atoms with Crippen LogP contribution in [0.5, 0.6) is 0 Å². The molecule has 3 amide bonds. The van der Waals surface area contributed by atoms with Gasteiger partial charge in [0.2, 0.25) is 11.4 Å². The lowest BCUT2D eigenvalue weighted by molar-refractivity contribution is -0.145. The van der Waals surface area contributed by atoms with E-state index in [0.717, 1.165) is 21.9 Å². The predicted molar refractivity (Wildman–Crippen MR) is 119 cm³/mol. The van der Waals surface area contributed by atoms with Crippen LogP contribution in [-0.4, -0.2) is 60.4 Å². The van der Waals surface area contributed by atoms with Gasteiger partial charge in [-0.3, -0.25) is 19.2 Å². The van der Waals surface area contributed by atoms with Crippen molar-refractivity contribution >= 4 is 34.9 Å². The van der Waals surface area contributed by atoms with Gasteiger partial charge in [-0.15, -0.1) is 0 Å². The van der Waals surface area contributed by atoms with E-state index in [9.17, 15) is 33.1 Å². The number of nitrogens with one attached hydrogen (secondary N) is 1. The van der Waals surface area contributed by atoms with Crippen molar-refractivity contribution in [3.8, 4) is 0 Å². The third-order valence-electron chi connectivity index (χ3n) is 5.65. The summed E-state index contributed by atoms with van der Waals surface area (Å²) in [5.41, 5.74) is 4.04. The van der Waals surface area contributed by atoms with E-state index in [1.165, 1.54) is 21.0 Å². The molecule has 9 nitrogen and oxygen atoms in total. The summed E-state index contributed by atoms with van der Waals surface area (Å²) < 4.78 is 26.9. The second-order valence-electron chi connectivity index (χ2n) is 8.13. The topological polar surface area (TPSA) is 133 Å². The molecule has 1 heterocycles. The SMILES string of the molecule is C[C@@H](O)[C@H](NC(=O)Cc1cc(F)cc(F)c1)C(=O)C1(N)C(=O)N(C)c2ccccc2N(C)C1=O. The molecule has 0 spiro atoms. The number of aliphatic hydroxyl groups is 1. The average Bonchev–Trinajstić information content (AvgIpc) is 2.82. The van der Waals surface area contributed by atoms with Crippen LogP contribution >= 0.6 is 0 Å². The standard InChI is InChI=1S/C23H24F2N4O5/c1-12(30)19(27-18(31)10-13-8-14(24)11-15(25)9-13)20(32)23(26)21(33)28(2)16-6-4-5-7-17(16)29(3)22(23)34/h4-9,11-12,19,30H,10,26H2,1-3H3,(H,27,31)/t12-,19+/m1/s1. The molecule has 2 aromatic rings. The highest BCUT2D eigenvalue weighted by molar-refractivity contribution is 6.37. The summed E-state index contributed by atoms with van der Waals surface area (Å²) in [4.78, 5) is 54.6. The molecule has 0 aliphatic carbocycles. The van der Waals surface area contributed by atoms with Gasteiger partial charge >= 0.3 is 0 Å². The number of hydrogen-bond donors (Lipinski definition) is 3. The number of Topliss-reactive ketones (excluding diaryl/α,β-unsaturated/α-hetero) is 1. The zero-order valence-corrected chi connectivity index (χ0v) is 18.7. The van der Waals surface area contributed by atoms with E-state index >= 15 is 0 Å². The van der Waals surface area contributed by atoms with Crippen LogP contribution in [-0.2, 0) is 25.6 Å². The maximum atomic E-state index is 13.5. The molecule has 0 aromatic heterocycles. The Hall–Kier alpha value is -3.70. The molecule has 4 N–H and O–H groups in total. The van der Waals surface area contributed by atoms with Crippen LogP contribution in [0.4, 0.5) is 20.2 Å². The lowest BCUT2D eigenvalue weighted by Crippen LogP contribution is -2.72. The fourth-order valence-corrected chi connectivity index (χ4v) is 3.85. The van der Waals surface area contributed by atoms with Crippen LogP contribution in [0, 0.1) is 11.6 Å². The third kappa shape index (κ3) is 4.39. The number of para-hydroxylation sites is 2. The third-order valence-corrected chi connectivity index (χ3v) is 5.65. The van der Waals surface area contributed by atoms with Gasteiger partial charge < -0.3 is 26.0 Å². The molecule has 2 aromatic carbocycles. The molecule has 0 unspecified atom stereocenters. The highest BCUT2D eigenvalue weighted by Crippen LogP contribution is 2.34. The zero-order valence-electron chi connectivity index (χ0n) is 18.7. The first-order valence-corrected chi connectivity index (χ1v) is 10.3. The Labute approximate surface area is 194 Å². The molecule has 11 heteroatoms. The summed E-state index contributed by atoms with van der Waals surface area (Å²) in [5, 5.41) is 12.5. The molecular formula is C23H24F2N4O5. The number of carbonyl (C=O) groups is 4. The average molecular weight is 474 g/mol. The summed E-state index contributed by atoms with van der Waals surface area (Å²) in [6.07, 6.45) is -2.08. The van der Waals surface area contributed by atoms with E-state index < -0.39 is 59.2 Å². The first kappa shape index (κ1) is 24.9. The Morgan fingerprint density at radius 1 is 1.03 bits per heavy atom. The first-order valence-electron chi connectivity index (χ1n) is 10.3. The number of hydrogen-bond acceptors (Lipinski definition) is 6. The molecule has 0 bridgehead atoms. The maximum Gasteiger partial charge on any atom is 0.264 e. The Bertz CT molecular complexity index is 1110. The van der Waals surface area contributed by atoms with Gasteiger partial charge in [-0.1, -0.05) is 12.1 Å². The highest BCUT2D eigenvalue weighted by atomic mass is 19.1. The Morgan fingerprint density at radius 3 is 1.94 bits per heavy atom. The van der Waals surface area contributed by atoms with Crippen molar-refractivity contribution in [2.75, 3.05) is 23.9 Å². The van der Waals surface area contributed by atoms with Gasteiger partial charge in [0.05, 0.1) is 23.9 Å². The predicted octanol–water partition coefficient (Wildman–Crippen LogP) is 0.279. The molecule has 34 heavy (non-hydrogen) atoms.